The Morgan fingerprint density at radius 1 is 1.11 bits per heavy atom. The van der Waals surface area contributed by atoms with Gasteiger partial charge >= 0.3 is 0 Å². The number of carbonyl (C=O) groups is 1. The minimum absolute atomic E-state index is 0.144. The zero-order chi connectivity index (χ0) is 25.4. The van der Waals surface area contributed by atoms with Gasteiger partial charge in [0.05, 0.1) is 36.5 Å². The third-order valence-corrected chi connectivity index (χ3v) is 6.57. The number of rotatable bonds is 6. The van der Waals surface area contributed by atoms with E-state index in [0.29, 0.717) is 43.2 Å². The molecule has 1 aliphatic heterocycles. The smallest absolute Gasteiger partial charge is 0.251 e. The number of aromatic nitrogens is 5. The van der Waals surface area contributed by atoms with Crippen molar-refractivity contribution in [1.82, 2.24) is 35.4 Å². The molecule has 11 nitrogen and oxygen atoms in total. The van der Waals surface area contributed by atoms with E-state index in [4.69, 9.17) is 4.74 Å². The van der Waals surface area contributed by atoms with Gasteiger partial charge in [-0.3, -0.25) is 19.8 Å². The number of ether oxygens (including phenoxy) is 1. The predicted molar refractivity (Wildman–Crippen MR) is 140 cm³/mol. The number of nitrogens with zero attached hydrogens (tertiary/aromatic N) is 4. The van der Waals surface area contributed by atoms with Crippen molar-refractivity contribution in [2.45, 2.75) is 6.35 Å². The second-order valence-corrected chi connectivity index (χ2v) is 8.85. The number of aliphatic hydroxyl groups is 1. The van der Waals surface area contributed by atoms with E-state index in [1.54, 1.807) is 31.7 Å². The molecule has 1 atom stereocenters. The third-order valence-electron chi connectivity index (χ3n) is 6.57. The van der Waals surface area contributed by atoms with Crippen molar-refractivity contribution in [2.24, 2.45) is 0 Å². The van der Waals surface area contributed by atoms with Gasteiger partial charge in [-0.1, -0.05) is 6.07 Å². The average Bonchev–Trinajstić information content (AvgIpc) is 3.57. The van der Waals surface area contributed by atoms with Crippen LogP contribution in [-0.2, 0) is 4.74 Å². The van der Waals surface area contributed by atoms with Crippen molar-refractivity contribution in [1.29, 1.82) is 0 Å². The summed E-state index contributed by atoms with van der Waals surface area (Å²) in [5.74, 6) is -0.144. The third kappa shape index (κ3) is 4.40. The van der Waals surface area contributed by atoms with E-state index in [9.17, 15) is 9.90 Å². The second-order valence-electron chi connectivity index (χ2n) is 8.85. The largest absolute Gasteiger partial charge is 0.379 e. The van der Waals surface area contributed by atoms with Crippen LogP contribution in [0.1, 0.15) is 10.4 Å². The number of aromatic amines is 2. The number of H-pyrrole nitrogens is 2. The first kappa shape index (κ1) is 23.1. The molecule has 1 fully saturated rings. The highest BCUT2D eigenvalue weighted by atomic mass is 16.5. The zero-order valence-electron chi connectivity index (χ0n) is 20.2. The van der Waals surface area contributed by atoms with E-state index < -0.39 is 6.35 Å². The lowest BCUT2D eigenvalue weighted by atomic mass is 10.1. The monoisotopic (exact) mass is 498 g/mol. The van der Waals surface area contributed by atoms with E-state index in [1.165, 1.54) is 0 Å². The summed E-state index contributed by atoms with van der Waals surface area (Å²) in [6.45, 7) is 2.51. The number of hydrogen-bond donors (Lipinski definition) is 5. The van der Waals surface area contributed by atoms with E-state index in [1.807, 2.05) is 35.2 Å². The molecule has 37 heavy (non-hydrogen) atoms. The molecule has 0 aliphatic carbocycles. The highest BCUT2D eigenvalue weighted by Crippen LogP contribution is 2.32. The Bertz CT molecular complexity index is 1590. The summed E-state index contributed by atoms with van der Waals surface area (Å²) in [5.41, 5.74) is 6.00. The fraction of sp³-hybridized carbons (Fsp3) is 0.231. The highest BCUT2D eigenvalue weighted by Gasteiger charge is 2.19. The van der Waals surface area contributed by atoms with Crippen molar-refractivity contribution in [2.75, 3.05) is 38.7 Å². The van der Waals surface area contributed by atoms with Gasteiger partial charge in [0.15, 0.2) is 12.0 Å². The van der Waals surface area contributed by atoms with Crippen LogP contribution in [0.5, 0.6) is 0 Å². The molecule has 1 amide bonds. The first-order valence-corrected chi connectivity index (χ1v) is 12.0. The van der Waals surface area contributed by atoms with Gasteiger partial charge in [0, 0.05) is 65.5 Å². The second kappa shape index (κ2) is 9.62. The van der Waals surface area contributed by atoms with Gasteiger partial charge in [0.25, 0.3) is 5.91 Å². The molecule has 1 aromatic carbocycles. The van der Waals surface area contributed by atoms with Gasteiger partial charge in [-0.2, -0.15) is 5.10 Å². The number of carbonyl (C=O) groups excluding carboxylic acids is 1. The van der Waals surface area contributed by atoms with Crippen molar-refractivity contribution in [3.8, 4) is 22.5 Å². The van der Waals surface area contributed by atoms with Crippen LogP contribution >= 0.6 is 0 Å². The lowest BCUT2D eigenvalue weighted by molar-refractivity contribution is -0.0446. The Balaban J connectivity index is 1.33. The van der Waals surface area contributed by atoms with Crippen molar-refractivity contribution >= 4 is 33.5 Å². The fourth-order valence-corrected chi connectivity index (χ4v) is 4.62. The molecule has 5 aromatic rings. The molecule has 11 heteroatoms. The van der Waals surface area contributed by atoms with Crippen LogP contribution in [0.3, 0.4) is 0 Å². The highest BCUT2D eigenvalue weighted by molar-refractivity contribution is 6.08. The summed E-state index contributed by atoms with van der Waals surface area (Å²) in [6, 6.07) is 11.5. The molecule has 1 saturated heterocycles. The fourth-order valence-electron chi connectivity index (χ4n) is 4.62. The molecule has 5 heterocycles. The van der Waals surface area contributed by atoms with Crippen LogP contribution in [0.4, 0.5) is 5.69 Å². The number of morpholine rings is 1. The van der Waals surface area contributed by atoms with Gasteiger partial charge in [0.2, 0.25) is 0 Å². The van der Waals surface area contributed by atoms with Gasteiger partial charge in [-0.15, -0.1) is 0 Å². The number of hydrogen-bond acceptors (Lipinski definition) is 8. The van der Waals surface area contributed by atoms with Crippen molar-refractivity contribution in [3.63, 3.8) is 0 Å². The van der Waals surface area contributed by atoms with Crippen LogP contribution in [0.15, 0.2) is 55.0 Å². The molecule has 4 aromatic heterocycles. The molecule has 0 bridgehead atoms. The molecule has 1 unspecified atom stereocenters. The lowest BCUT2D eigenvalue weighted by Crippen LogP contribution is -2.47. The number of anilines is 1. The van der Waals surface area contributed by atoms with Crippen LogP contribution in [-0.4, -0.2) is 80.8 Å². The Morgan fingerprint density at radius 2 is 1.95 bits per heavy atom. The SMILES string of the molecule is CNC(=O)c1cccc2[nH]c(-c3[nH]nc4ncc(-c5cncc(NC(O)N6CCOCC6)c5)cc34)cc12. The molecule has 5 N–H and O–H groups in total. The molecule has 0 saturated carbocycles. The number of benzene rings is 1. The first-order chi connectivity index (χ1) is 18.1. The molecule has 188 valence electrons. The Kier molecular flexibility index (Phi) is 6.01. The van der Waals surface area contributed by atoms with Gasteiger partial charge in [0.1, 0.15) is 0 Å². The number of fused-ring (bicyclic) bond motifs is 2. The molecule has 0 spiro atoms. The van der Waals surface area contributed by atoms with E-state index in [2.05, 4.69) is 35.8 Å². The van der Waals surface area contributed by atoms with E-state index >= 15 is 0 Å². The normalized spacial score (nSPS) is 15.2. The van der Waals surface area contributed by atoms with Crippen molar-refractivity contribution in [3.05, 3.63) is 60.6 Å². The van der Waals surface area contributed by atoms with Crippen molar-refractivity contribution < 1.29 is 14.6 Å². The number of pyridine rings is 2. The van der Waals surface area contributed by atoms with Crippen LogP contribution < -0.4 is 10.6 Å². The summed E-state index contributed by atoms with van der Waals surface area (Å²) in [7, 11) is 1.62. The lowest BCUT2D eigenvalue weighted by Gasteiger charge is -2.31. The van der Waals surface area contributed by atoms with Gasteiger partial charge in [-0.25, -0.2) is 4.98 Å². The number of nitrogens with one attached hydrogen (secondary N) is 4. The maximum Gasteiger partial charge on any atom is 0.251 e. The maximum atomic E-state index is 12.3. The Labute approximate surface area is 211 Å². The molecule has 6 rings (SSSR count). The summed E-state index contributed by atoms with van der Waals surface area (Å²) >= 11 is 0. The molecular weight excluding hydrogens is 472 g/mol. The number of amides is 1. The van der Waals surface area contributed by atoms with Gasteiger partial charge in [-0.05, 0) is 30.3 Å². The number of aliphatic hydroxyl groups excluding tert-OH is 1. The zero-order valence-corrected chi connectivity index (χ0v) is 20.2. The summed E-state index contributed by atoms with van der Waals surface area (Å²) in [6.07, 6.45) is 4.36. The Morgan fingerprint density at radius 3 is 2.78 bits per heavy atom. The van der Waals surface area contributed by atoms with E-state index in [0.717, 1.165) is 38.8 Å². The van der Waals surface area contributed by atoms with Crippen LogP contribution in [0, 0.1) is 0 Å². The molecule has 1 aliphatic rings. The first-order valence-electron chi connectivity index (χ1n) is 12.0. The summed E-state index contributed by atoms with van der Waals surface area (Å²) < 4.78 is 5.36. The molecule has 0 radical (unpaired) electrons. The summed E-state index contributed by atoms with van der Waals surface area (Å²) in [5, 5.41) is 25.5. The topological polar surface area (TPSA) is 144 Å². The minimum Gasteiger partial charge on any atom is -0.379 e. The Hall–Kier alpha value is -4.32. The summed E-state index contributed by atoms with van der Waals surface area (Å²) in [4.78, 5) is 26.5. The quantitative estimate of drug-likeness (QED) is 0.225. The standard InChI is InChI=1S/C26H26N8O3/c1-27-25(35)18-3-2-4-21-19(18)11-22(31-21)23-20-10-16(13-29-24(20)33-32-23)15-9-17(14-28-12-15)30-26(36)34-5-7-37-8-6-34/h2-4,9-14,26,30-31,36H,5-8H2,1H3,(H,27,35)(H,29,32,33). The maximum absolute atomic E-state index is 12.3. The predicted octanol–water partition coefficient (Wildman–Crippen LogP) is 2.55. The average molecular weight is 499 g/mol. The van der Waals surface area contributed by atoms with Gasteiger partial charge < -0.3 is 25.5 Å². The molecular formula is C26H26N8O3. The van der Waals surface area contributed by atoms with Crippen LogP contribution in [0.2, 0.25) is 0 Å². The minimum atomic E-state index is -0.830. The van der Waals surface area contributed by atoms with E-state index in [-0.39, 0.29) is 5.91 Å². The van der Waals surface area contributed by atoms with Crippen LogP contribution in [0.25, 0.3) is 44.5 Å².